The van der Waals surface area contributed by atoms with Crippen molar-refractivity contribution >= 4 is 70.4 Å². The maximum absolute atomic E-state index is 15.4. The van der Waals surface area contributed by atoms with Crippen molar-refractivity contribution in [2.75, 3.05) is 31.1 Å². The summed E-state index contributed by atoms with van der Waals surface area (Å²) in [5, 5.41) is 11.3. The largest absolute Gasteiger partial charge is 0.508 e. The minimum Gasteiger partial charge on any atom is -0.508 e. The summed E-state index contributed by atoms with van der Waals surface area (Å²) >= 11 is 14.3. The topological polar surface area (TPSA) is 123 Å². The number of methoxy groups -OCH3 is 3. The zero-order chi connectivity index (χ0) is 43.2. The molecule has 3 fully saturated rings. The van der Waals surface area contributed by atoms with E-state index in [9.17, 15) is 37.5 Å². The van der Waals surface area contributed by atoms with E-state index in [1.54, 1.807) is 54.6 Å². The monoisotopic (exact) mass is 868 g/mol. The van der Waals surface area contributed by atoms with E-state index in [2.05, 4.69) is 0 Å². The molecule has 310 valence electrons. The number of fused-ring (bicyclic) bond motifs is 4. The van der Waals surface area contributed by atoms with Crippen LogP contribution in [0.5, 0.6) is 23.0 Å². The van der Waals surface area contributed by atoms with Gasteiger partial charge in [-0.15, -0.1) is 23.2 Å². The molecule has 1 N–H and O–H groups in total. The molecule has 2 aliphatic heterocycles. The lowest BCUT2D eigenvalue weighted by Crippen LogP contribution is -2.60. The zero-order valence-corrected chi connectivity index (χ0v) is 33.1. The van der Waals surface area contributed by atoms with Gasteiger partial charge >= 0.3 is 0 Å². The maximum Gasteiger partial charge on any atom is 0.258 e. The number of carbonyl (C=O) groups excluding carboxylic acids is 4. The lowest BCUT2D eigenvalue weighted by Gasteiger charge is -2.50. The van der Waals surface area contributed by atoms with E-state index in [0.29, 0.717) is 17.1 Å². The zero-order valence-electron chi connectivity index (χ0n) is 31.6. The van der Waals surface area contributed by atoms with Gasteiger partial charge in [-0.1, -0.05) is 42.0 Å². The number of phenols is 1. The Hall–Kier alpha value is -5.93. The van der Waals surface area contributed by atoms with Crippen molar-refractivity contribution in [3.63, 3.8) is 0 Å². The third-order valence-electron chi connectivity index (χ3n) is 11.8. The van der Waals surface area contributed by atoms with Gasteiger partial charge in [0.2, 0.25) is 17.6 Å². The highest BCUT2D eigenvalue weighted by Gasteiger charge is 2.77. The third kappa shape index (κ3) is 5.72. The van der Waals surface area contributed by atoms with E-state index in [0.717, 1.165) is 16.5 Å². The molecule has 0 spiro atoms. The van der Waals surface area contributed by atoms with Crippen molar-refractivity contribution in [3.05, 3.63) is 118 Å². The second-order valence-corrected chi connectivity index (χ2v) is 15.9. The van der Waals surface area contributed by atoms with Crippen molar-refractivity contribution in [2.24, 2.45) is 17.8 Å². The molecule has 0 bridgehead atoms. The summed E-state index contributed by atoms with van der Waals surface area (Å²) in [7, 11) is 4.38. The molecule has 4 aromatic rings. The number of alkyl halides is 2. The van der Waals surface area contributed by atoms with Crippen molar-refractivity contribution in [3.8, 4) is 23.0 Å². The Kier molecular flexibility index (Phi) is 9.98. The van der Waals surface area contributed by atoms with Crippen molar-refractivity contribution in [1.29, 1.82) is 0 Å². The predicted molar refractivity (Wildman–Crippen MR) is 208 cm³/mol. The minimum absolute atomic E-state index is 0.0834. The molecule has 10 nitrogen and oxygen atoms in total. The fraction of sp³-hybridized carbons (Fsp3) is 0.256. The van der Waals surface area contributed by atoms with E-state index in [1.807, 2.05) is 0 Å². The van der Waals surface area contributed by atoms with Gasteiger partial charge in [0.05, 0.1) is 38.9 Å². The Morgan fingerprint density at radius 1 is 0.717 bits per heavy atom. The predicted octanol–water partition coefficient (Wildman–Crippen LogP) is 8.05. The lowest BCUT2D eigenvalue weighted by molar-refractivity contribution is -0.125. The number of phenolic OH excluding ortho intramolecular Hbond substituents is 1. The average molecular weight is 870 g/mol. The number of carbonyl (C=O) groups is 4. The van der Waals surface area contributed by atoms with Gasteiger partial charge < -0.3 is 19.3 Å². The Balaban J connectivity index is 1.20. The first-order valence-electron chi connectivity index (χ1n) is 18.3. The highest BCUT2D eigenvalue weighted by Crippen LogP contribution is 2.67. The molecule has 8 rings (SSSR count). The molecule has 4 amide bonds. The molecule has 0 unspecified atom stereocenters. The first-order chi connectivity index (χ1) is 28.5. The standard InChI is InChI=1S/C43H31Cl2F5N2O8/c1-58-22-11-15-29(60-3)20(16-22)7-4-19-5-8-21(9-6-19)51-38(54)26-14-13-24-27(30(26)39(51)55)18-42(44)40(56)52(37-35(49)33(47)32(46)34(48)36(37)50)41(57)43(42,45)31(24)25-12-10-23(59-2)17-28(25)53/h4-13,15-17,26-27,30-31,53H,14,18H2,1-3H3/t26-,27+,30-,31+,42+,43-/m0/s1. The van der Waals surface area contributed by atoms with Crippen molar-refractivity contribution in [2.45, 2.75) is 28.5 Å². The molecule has 4 aliphatic rings. The van der Waals surface area contributed by atoms with Crippen molar-refractivity contribution < 1.29 is 60.4 Å². The van der Waals surface area contributed by atoms with E-state index in [1.165, 1.54) is 39.5 Å². The SMILES string of the molecule is COc1ccc([C@H]2C3=CC[C@@H]4C(=O)N(c5ccc(C=Cc6cc(OC)ccc6OC)cc5)C(=O)[C@@H]4[C@@H]3C[C@@]3(Cl)C(=O)N(c4c(F)c(F)c(F)c(F)c4F)C(=O)[C@@]23Cl)c(O)c1. The molecule has 4 aromatic carbocycles. The number of anilines is 2. The molecule has 2 saturated heterocycles. The van der Waals surface area contributed by atoms with Crippen LogP contribution in [0.4, 0.5) is 33.3 Å². The quantitative estimate of drug-likeness (QED) is 0.0359. The van der Waals surface area contributed by atoms with Crippen LogP contribution in [0.15, 0.2) is 72.3 Å². The number of rotatable bonds is 8. The number of nitrogens with zero attached hydrogens (tertiary/aromatic N) is 2. The number of amides is 4. The number of allylic oxidation sites excluding steroid dienone is 2. The highest BCUT2D eigenvalue weighted by atomic mass is 35.5. The number of aromatic hydroxyl groups is 1. The molecular weight excluding hydrogens is 838 g/mol. The molecular formula is C43H31Cl2F5N2O8. The molecule has 2 heterocycles. The first kappa shape index (κ1) is 40.8. The van der Waals surface area contributed by atoms with Gasteiger partial charge in [-0.25, -0.2) is 26.9 Å². The van der Waals surface area contributed by atoms with Gasteiger partial charge in [0.15, 0.2) is 33.0 Å². The fourth-order valence-corrected chi connectivity index (χ4v) is 9.88. The van der Waals surface area contributed by atoms with Crippen LogP contribution in [0.25, 0.3) is 12.2 Å². The molecule has 1 saturated carbocycles. The summed E-state index contributed by atoms with van der Waals surface area (Å²) in [6.45, 7) is 0. The average Bonchev–Trinajstić information content (AvgIpc) is 3.59. The van der Waals surface area contributed by atoms with Crippen molar-refractivity contribution in [1.82, 2.24) is 0 Å². The smallest absolute Gasteiger partial charge is 0.258 e. The van der Waals surface area contributed by atoms with Crippen LogP contribution < -0.4 is 24.0 Å². The van der Waals surface area contributed by atoms with E-state index >= 15 is 8.78 Å². The van der Waals surface area contributed by atoms with Gasteiger partial charge in [0.25, 0.3) is 11.8 Å². The van der Waals surface area contributed by atoms with Crippen LogP contribution >= 0.6 is 23.2 Å². The van der Waals surface area contributed by atoms with E-state index < -0.39 is 104 Å². The lowest BCUT2D eigenvalue weighted by atomic mass is 9.56. The van der Waals surface area contributed by atoms with Gasteiger partial charge in [0, 0.05) is 23.1 Å². The summed E-state index contributed by atoms with van der Waals surface area (Å²) in [5.74, 6) is -21.2. The van der Waals surface area contributed by atoms with Crippen LogP contribution in [0.3, 0.4) is 0 Å². The van der Waals surface area contributed by atoms with Gasteiger partial charge in [-0.2, -0.15) is 0 Å². The van der Waals surface area contributed by atoms with Gasteiger partial charge in [0.1, 0.15) is 28.7 Å². The van der Waals surface area contributed by atoms with Crippen LogP contribution in [0.2, 0.25) is 0 Å². The molecule has 17 heteroatoms. The van der Waals surface area contributed by atoms with Gasteiger partial charge in [-0.3, -0.25) is 24.1 Å². The molecule has 0 aromatic heterocycles. The number of imide groups is 2. The number of hydrogen-bond acceptors (Lipinski definition) is 8. The van der Waals surface area contributed by atoms with Crippen LogP contribution in [0.1, 0.15) is 35.4 Å². The van der Waals surface area contributed by atoms with E-state index in [4.69, 9.17) is 37.4 Å². The Morgan fingerprint density at radius 2 is 1.33 bits per heavy atom. The number of halogens is 7. The molecule has 2 aliphatic carbocycles. The summed E-state index contributed by atoms with van der Waals surface area (Å²) in [6.07, 6.45) is 4.34. The molecule has 6 atom stereocenters. The Bertz CT molecular complexity index is 2580. The maximum atomic E-state index is 15.4. The second-order valence-electron chi connectivity index (χ2n) is 14.7. The normalized spacial score (nSPS) is 26.0. The fourth-order valence-electron chi connectivity index (χ4n) is 8.95. The number of benzene rings is 4. The number of hydrogen-bond donors (Lipinski definition) is 1. The highest BCUT2D eigenvalue weighted by molar-refractivity contribution is 6.58. The first-order valence-corrected chi connectivity index (χ1v) is 19.0. The van der Waals surface area contributed by atoms with E-state index in [-0.39, 0.29) is 33.9 Å². The van der Waals surface area contributed by atoms with Crippen LogP contribution in [-0.4, -0.2) is 59.8 Å². The summed E-state index contributed by atoms with van der Waals surface area (Å²) in [5.41, 5.74) is -0.224. The van der Waals surface area contributed by atoms with Crippen LogP contribution in [-0.2, 0) is 19.2 Å². The molecule has 60 heavy (non-hydrogen) atoms. The second kappa shape index (κ2) is 14.7. The summed E-state index contributed by atoms with van der Waals surface area (Å²) in [4.78, 5) is 52.8. The summed E-state index contributed by atoms with van der Waals surface area (Å²) in [6, 6.07) is 15.6. The Morgan fingerprint density at radius 3 is 1.95 bits per heavy atom. The minimum atomic E-state index is -2.79. The summed E-state index contributed by atoms with van der Waals surface area (Å²) < 4.78 is 89.9. The van der Waals surface area contributed by atoms with Crippen LogP contribution in [0, 0.1) is 46.8 Å². The van der Waals surface area contributed by atoms with Gasteiger partial charge in [-0.05, 0) is 60.7 Å². The third-order valence-corrected chi connectivity index (χ3v) is 13.2. The number of ether oxygens (including phenoxy) is 3. The Labute approximate surface area is 348 Å². The molecule has 0 radical (unpaired) electrons.